The Balaban J connectivity index is 1.95. The third-order valence-electron chi connectivity index (χ3n) is 3.54. The fourth-order valence-electron chi connectivity index (χ4n) is 2.58. The first kappa shape index (κ1) is 12.1. The average molecular weight is 233 g/mol. The van der Waals surface area contributed by atoms with E-state index in [9.17, 15) is 4.79 Å². The SMILES string of the molecule is Cc1ccccc1C1CCC(CC(=O)O)CN1. The maximum atomic E-state index is 10.6. The molecule has 2 N–H and O–H groups in total. The number of rotatable bonds is 3. The molecule has 3 heteroatoms. The van der Waals surface area contributed by atoms with Crippen LogP contribution in [-0.4, -0.2) is 17.6 Å². The molecule has 1 aromatic carbocycles. The minimum absolute atomic E-state index is 0.285. The zero-order chi connectivity index (χ0) is 12.3. The van der Waals surface area contributed by atoms with Gasteiger partial charge in [-0.05, 0) is 43.4 Å². The van der Waals surface area contributed by atoms with Crippen LogP contribution in [-0.2, 0) is 4.79 Å². The summed E-state index contributed by atoms with van der Waals surface area (Å²) in [5, 5.41) is 12.2. The van der Waals surface area contributed by atoms with Gasteiger partial charge >= 0.3 is 5.97 Å². The van der Waals surface area contributed by atoms with E-state index in [0.717, 1.165) is 19.4 Å². The van der Waals surface area contributed by atoms with E-state index in [1.54, 1.807) is 0 Å². The third kappa shape index (κ3) is 3.07. The highest BCUT2D eigenvalue weighted by Crippen LogP contribution is 2.28. The van der Waals surface area contributed by atoms with Gasteiger partial charge in [0, 0.05) is 12.5 Å². The monoisotopic (exact) mass is 233 g/mol. The first-order valence-corrected chi connectivity index (χ1v) is 6.17. The van der Waals surface area contributed by atoms with E-state index in [-0.39, 0.29) is 12.3 Å². The molecule has 0 aliphatic carbocycles. The van der Waals surface area contributed by atoms with E-state index in [2.05, 4.69) is 36.5 Å². The lowest BCUT2D eigenvalue weighted by molar-refractivity contribution is -0.138. The molecule has 1 heterocycles. The second-order valence-corrected chi connectivity index (χ2v) is 4.86. The fraction of sp³-hybridized carbons (Fsp3) is 0.500. The topological polar surface area (TPSA) is 49.3 Å². The fourth-order valence-corrected chi connectivity index (χ4v) is 2.58. The van der Waals surface area contributed by atoms with Crippen LogP contribution in [0.2, 0.25) is 0 Å². The minimum atomic E-state index is -0.689. The number of carboxylic acid groups (broad SMARTS) is 1. The number of aryl methyl sites for hydroxylation is 1. The molecule has 1 aliphatic heterocycles. The maximum absolute atomic E-state index is 10.6. The van der Waals surface area contributed by atoms with E-state index >= 15 is 0 Å². The van der Waals surface area contributed by atoms with Crippen LogP contribution in [0.15, 0.2) is 24.3 Å². The minimum Gasteiger partial charge on any atom is -0.481 e. The van der Waals surface area contributed by atoms with Gasteiger partial charge < -0.3 is 10.4 Å². The summed E-state index contributed by atoms with van der Waals surface area (Å²) >= 11 is 0. The molecule has 0 saturated carbocycles. The molecule has 0 radical (unpaired) electrons. The number of piperidine rings is 1. The lowest BCUT2D eigenvalue weighted by Crippen LogP contribution is -2.34. The number of carbonyl (C=O) groups is 1. The number of benzene rings is 1. The van der Waals surface area contributed by atoms with E-state index in [1.807, 2.05) is 0 Å². The molecule has 17 heavy (non-hydrogen) atoms. The van der Waals surface area contributed by atoms with Gasteiger partial charge in [0.1, 0.15) is 0 Å². The Morgan fingerprint density at radius 2 is 2.18 bits per heavy atom. The second kappa shape index (κ2) is 5.32. The van der Waals surface area contributed by atoms with Crippen LogP contribution in [0.4, 0.5) is 0 Å². The standard InChI is InChI=1S/C14H19NO2/c1-10-4-2-3-5-12(10)13-7-6-11(9-15-13)8-14(16)17/h2-5,11,13,15H,6-9H2,1H3,(H,16,17). The van der Waals surface area contributed by atoms with E-state index in [4.69, 9.17) is 5.11 Å². The van der Waals surface area contributed by atoms with Gasteiger partial charge in [0.15, 0.2) is 0 Å². The van der Waals surface area contributed by atoms with Crippen LogP contribution >= 0.6 is 0 Å². The molecule has 0 aromatic heterocycles. The summed E-state index contributed by atoms with van der Waals surface area (Å²) in [5.41, 5.74) is 2.66. The zero-order valence-corrected chi connectivity index (χ0v) is 10.1. The van der Waals surface area contributed by atoms with Gasteiger partial charge in [-0.25, -0.2) is 0 Å². The van der Waals surface area contributed by atoms with Crippen molar-refractivity contribution >= 4 is 5.97 Å². The molecule has 3 nitrogen and oxygen atoms in total. The smallest absolute Gasteiger partial charge is 0.303 e. The first-order valence-electron chi connectivity index (χ1n) is 6.17. The first-order chi connectivity index (χ1) is 8.16. The van der Waals surface area contributed by atoms with Gasteiger partial charge in [0.05, 0.1) is 0 Å². The molecule has 92 valence electrons. The van der Waals surface area contributed by atoms with Crippen molar-refractivity contribution in [2.75, 3.05) is 6.54 Å². The molecule has 2 atom stereocenters. The van der Waals surface area contributed by atoms with Gasteiger partial charge in [-0.2, -0.15) is 0 Å². The summed E-state index contributed by atoms with van der Waals surface area (Å²) < 4.78 is 0. The van der Waals surface area contributed by atoms with Crippen LogP contribution < -0.4 is 5.32 Å². The quantitative estimate of drug-likeness (QED) is 0.843. The van der Waals surface area contributed by atoms with Gasteiger partial charge in [0.25, 0.3) is 0 Å². The molecule has 2 rings (SSSR count). The number of nitrogens with one attached hydrogen (secondary N) is 1. The summed E-state index contributed by atoms with van der Waals surface area (Å²) in [4.78, 5) is 10.6. The van der Waals surface area contributed by atoms with Crippen molar-refractivity contribution in [3.8, 4) is 0 Å². The van der Waals surface area contributed by atoms with E-state index in [1.165, 1.54) is 11.1 Å². The Hall–Kier alpha value is -1.35. The van der Waals surface area contributed by atoms with Crippen molar-refractivity contribution in [3.63, 3.8) is 0 Å². The normalized spacial score (nSPS) is 24.5. The Bertz CT molecular complexity index is 395. The Labute approximate surface area is 102 Å². The number of hydrogen-bond donors (Lipinski definition) is 2. The highest BCUT2D eigenvalue weighted by Gasteiger charge is 2.23. The Kier molecular flexibility index (Phi) is 3.79. The van der Waals surface area contributed by atoms with Crippen molar-refractivity contribution in [1.29, 1.82) is 0 Å². The lowest BCUT2D eigenvalue weighted by Gasteiger charge is -2.30. The molecular weight excluding hydrogens is 214 g/mol. The van der Waals surface area contributed by atoms with Gasteiger partial charge in [-0.3, -0.25) is 4.79 Å². The molecule has 2 unspecified atom stereocenters. The van der Waals surface area contributed by atoms with Crippen molar-refractivity contribution in [2.24, 2.45) is 5.92 Å². The largest absolute Gasteiger partial charge is 0.481 e. The average Bonchev–Trinajstić information content (AvgIpc) is 2.30. The van der Waals surface area contributed by atoms with Crippen LogP contribution in [0, 0.1) is 12.8 Å². The number of carboxylic acids is 1. The van der Waals surface area contributed by atoms with Crippen LogP contribution in [0.5, 0.6) is 0 Å². The maximum Gasteiger partial charge on any atom is 0.303 e. The molecule has 1 aromatic rings. The van der Waals surface area contributed by atoms with Gasteiger partial charge in [-0.15, -0.1) is 0 Å². The summed E-state index contributed by atoms with van der Waals surface area (Å²) in [6.45, 7) is 2.94. The predicted octanol–water partition coefficient (Wildman–Crippen LogP) is 2.51. The zero-order valence-electron chi connectivity index (χ0n) is 10.1. The highest BCUT2D eigenvalue weighted by molar-refractivity contribution is 5.67. The van der Waals surface area contributed by atoms with Gasteiger partial charge in [-0.1, -0.05) is 24.3 Å². The lowest BCUT2D eigenvalue weighted by atomic mass is 9.88. The van der Waals surface area contributed by atoms with Crippen LogP contribution in [0.25, 0.3) is 0 Å². The van der Waals surface area contributed by atoms with Crippen molar-refractivity contribution in [1.82, 2.24) is 5.32 Å². The van der Waals surface area contributed by atoms with Gasteiger partial charge in [0.2, 0.25) is 0 Å². The van der Waals surface area contributed by atoms with Crippen molar-refractivity contribution < 1.29 is 9.90 Å². The number of aliphatic carboxylic acids is 1. The predicted molar refractivity (Wildman–Crippen MR) is 66.9 cm³/mol. The number of hydrogen-bond acceptors (Lipinski definition) is 2. The van der Waals surface area contributed by atoms with E-state index < -0.39 is 5.97 Å². The summed E-state index contributed by atoms with van der Waals surface area (Å²) in [7, 11) is 0. The van der Waals surface area contributed by atoms with Crippen molar-refractivity contribution in [2.45, 2.75) is 32.2 Å². The van der Waals surface area contributed by atoms with Crippen molar-refractivity contribution in [3.05, 3.63) is 35.4 Å². The summed E-state index contributed by atoms with van der Waals surface area (Å²) in [6, 6.07) is 8.79. The molecule has 1 fully saturated rings. The molecule has 0 bridgehead atoms. The summed E-state index contributed by atoms with van der Waals surface area (Å²) in [6.07, 6.45) is 2.31. The molecule has 0 amide bonds. The molecule has 1 aliphatic rings. The molecule has 1 saturated heterocycles. The third-order valence-corrected chi connectivity index (χ3v) is 3.54. The summed E-state index contributed by atoms with van der Waals surface area (Å²) in [5.74, 6) is -0.404. The second-order valence-electron chi connectivity index (χ2n) is 4.86. The van der Waals surface area contributed by atoms with E-state index in [0.29, 0.717) is 6.04 Å². The Morgan fingerprint density at radius 3 is 2.76 bits per heavy atom. The highest BCUT2D eigenvalue weighted by atomic mass is 16.4. The molecular formula is C14H19NO2. The van der Waals surface area contributed by atoms with Crippen LogP contribution in [0.3, 0.4) is 0 Å². The Morgan fingerprint density at radius 1 is 1.41 bits per heavy atom. The molecule has 0 spiro atoms. The van der Waals surface area contributed by atoms with Crippen LogP contribution in [0.1, 0.15) is 36.4 Å².